The largest absolute Gasteiger partial charge is 0.469 e. The van der Waals surface area contributed by atoms with E-state index in [0.717, 1.165) is 28.0 Å². The highest BCUT2D eigenvalue weighted by Gasteiger charge is 2.40. The lowest BCUT2D eigenvalue weighted by atomic mass is 9.58. The zero-order valence-corrected chi connectivity index (χ0v) is 13.2. The molecule has 3 aromatic heterocycles. The van der Waals surface area contributed by atoms with Gasteiger partial charge >= 0.3 is 6.85 Å². The summed E-state index contributed by atoms with van der Waals surface area (Å²) < 4.78 is 8.13. The number of nitrogens with zero attached hydrogens (tertiary/aromatic N) is 4. The Bertz CT molecular complexity index is 908. The van der Waals surface area contributed by atoms with Crippen molar-refractivity contribution in [1.82, 2.24) is 9.77 Å². The molecule has 4 heterocycles. The fraction of sp³-hybridized carbons (Fsp3) is 0.250. The quantitative estimate of drug-likeness (QED) is 0.505. The van der Waals surface area contributed by atoms with Crippen molar-refractivity contribution < 1.29 is 9.10 Å². The maximum Gasteiger partial charge on any atom is 0.469 e. The second-order valence-corrected chi connectivity index (χ2v) is 5.88. The Kier molecular flexibility index (Phi) is 2.70. The van der Waals surface area contributed by atoms with Crippen LogP contribution in [0.4, 0.5) is 0 Å². The van der Waals surface area contributed by atoms with Gasteiger partial charge in [0.1, 0.15) is 24.6 Å². The van der Waals surface area contributed by atoms with Gasteiger partial charge in [-0.1, -0.05) is 4.79 Å². The van der Waals surface area contributed by atoms with Crippen molar-refractivity contribution >= 4 is 29.7 Å². The van der Waals surface area contributed by atoms with Gasteiger partial charge in [-0.15, -0.1) is 0 Å². The summed E-state index contributed by atoms with van der Waals surface area (Å²) in [6, 6.07) is 6.16. The number of pyridine rings is 1. The van der Waals surface area contributed by atoms with Crippen LogP contribution in [0.5, 0.6) is 0 Å². The topological polar surface area (TPSA) is 38.1 Å². The van der Waals surface area contributed by atoms with Crippen LogP contribution in [0.1, 0.15) is 18.2 Å². The lowest BCUT2D eigenvalue weighted by Crippen LogP contribution is -2.60. The predicted molar refractivity (Wildman–Crippen MR) is 87.5 cm³/mol. The molecule has 110 valence electrons. The van der Waals surface area contributed by atoms with E-state index in [1.54, 1.807) is 0 Å². The number of furan rings is 1. The SMILES string of the molecule is CB1c2oc3nc(C)ccc3c2C=C(C)N1n1ccc[n+]1C. The molecule has 0 radical (unpaired) electrons. The normalized spacial score (nSPS) is 14.5. The highest BCUT2D eigenvalue weighted by atomic mass is 16.3. The van der Waals surface area contributed by atoms with Gasteiger partial charge in [0.15, 0.2) is 0 Å². The summed E-state index contributed by atoms with van der Waals surface area (Å²) in [5, 5.41) is 1.09. The van der Waals surface area contributed by atoms with E-state index in [1.807, 2.05) is 43.2 Å². The minimum Gasteiger partial charge on any atom is -0.447 e. The standard InChI is InChI=1S/C16H18BN4O/c1-11-6-7-13-14-10-12(2)21(20-9-5-8-19(20)4)17(3)15(14)22-16(13)18-11/h5-10H,1-4H3/q+1. The molecule has 0 spiro atoms. The van der Waals surface area contributed by atoms with Gasteiger partial charge in [0.25, 0.3) is 0 Å². The van der Waals surface area contributed by atoms with Gasteiger partial charge in [-0.25, -0.2) is 9.90 Å². The Morgan fingerprint density at radius 1 is 1.27 bits per heavy atom. The Morgan fingerprint density at radius 3 is 2.82 bits per heavy atom. The highest BCUT2D eigenvalue weighted by Crippen LogP contribution is 2.26. The summed E-state index contributed by atoms with van der Waals surface area (Å²) in [7, 11) is 2.03. The van der Waals surface area contributed by atoms with Crippen LogP contribution < -0.4 is 15.3 Å². The molecule has 1 aliphatic heterocycles. The first-order valence-electron chi connectivity index (χ1n) is 7.47. The van der Waals surface area contributed by atoms with Crippen molar-refractivity contribution in [3.05, 3.63) is 47.5 Å². The molecule has 0 saturated heterocycles. The van der Waals surface area contributed by atoms with E-state index in [4.69, 9.17) is 4.42 Å². The van der Waals surface area contributed by atoms with Crippen LogP contribution in [0.2, 0.25) is 6.82 Å². The minimum absolute atomic E-state index is 0.105. The van der Waals surface area contributed by atoms with Crippen LogP contribution >= 0.6 is 0 Å². The van der Waals surface area contributed by atoms with Gasteiger partial charge in [0.2, 0.25) is 5.71 Å². The lowest BCUT2D eigenvalue weighted by Gasteiger charge is -2.25. The van der Waals surface area contributed by atoms with E-state index in [-0.39, 0.29) is 6.85 Å². The summed E-state index contributed by atoms with van der Waals surface area (Å²) in [5.74, 6) is 0. The molecule has 0 aromatic carbocycles. The number of aryl methyl sites for hydroxylation is 2. The zero-order chi connectivity index (χ0) is 15.4. The van der Waals surface area contributed by atoms with Crippen LogP contribution in [-0.2, 0) is 7.05 Å². The molecule has 0 atom stereocenters. The lowest BCUT2D eigenvalue weighted by molar-refractivity contribution is -0.751. The van der Waals surface area contributed by atoms with Crippen molar-refractivity contribution in [3.8, 4) is 0 Å². The third kappa shape index (κ3) is 1.73. The minimum atomic E-state index is 0.105. The van der Waals surface area contributed by atoms with Crippen molar-refractivity contribution in [2.45, 2.75) is 20.7 Å². The molecule has 0 N–H and O–H groups in total. The molecule has 0 unspecified atom stereocenters. The molecule has 6 heteroatoms. The summed E-state index contributed by atoms with van der Waals surface area (Å²) in [5.41, 5.74) is 4.99. The van der Waals surface area contributed by atoms with Crippen LogP contribution in [0.15, 0.2) is 40.7 Å². The summed E-state index contributed by atoms with van der Waals surface area (Å²) in [6.07, 6.45) is 6.25. The van der Waals surface area contributed by atoms with Crippen molar-refractivity contribution in [2.24, 2.45) is 7.05 Å². The third-order valence-electron chi connectivity index (χ3n) is 4.29. The average Bonchev–Trinajstić information content (AvgIpc) is 3.03. The van der Waals surface area contributed by atoms with Crippen molar-refractivity contribution in [3.63, 3.8) is 0 Å². The second kappa shape index (κ2) is 4.50. The fourth-order valence-electron chi connectivity index (χ4n) is 3.23. The summed E-state index contributed by atoms with van der Waals surface area (Å²) in [6.45, 7) is 6.37. The molecule has 5 nitrogen and oxygen atoms in total. The maximum absolute atomic E-state index is 6.08. The van der Waals surface area contributed by atoms with Gasteiger partial charge in [-0.05, 0) is 38.9 Å². The molecule has 22 heavy (non-hydrogen) atoms. The number of rotatable bonds is 1. The van der Waals surface area contributed by atoms with E-state index in [2.05, 4.69) is 40.6 Å². The van der Waals surface area contributed by atoms with Gasteiger partial charge < -0.3 is 4.42 Å². The van der Waals surface area contributed by atoms with Crippen molar-refractivity contribution in [1.29, 1.82) is 0 Å². The zero-order valence-electron chi connectivity index (χ0n) is 13.2. The van der Waals surface area contributed by atoms with E-state index in [1.165, 1.54) is 5.70 Å². The molecule has 0 saturated carbocycles. The smallest absolute Gasteiger partial charge is 0.447 e. The molecule has 0 aliphatic carbocycles. The van der Waals surface area contributed by atoms with E-state index < -0.39 is 0 Å². The molecule has 0 amide bonds. The third-order valence-corrected chi connectivity index (χ3v) is 4.29. The van der Waals surface area contributed by atoms with E-state index in [0.29, 0.717) is 0 Å². The Morgan fingerprint density at radius 2 is 2.09 bits per heavy atom. The maximum atomic E-state index is 6.08. The van der Waals surface area contributed by atoms with Crippen LogP contribution in [-0.4, -0.2) is 16.6 Å². The van der Waals surface area contributed by atoms with E-state index in [9.17, 15) is 0 Å². The summed E-state index contributed by atoms with van der Waals surface area (Å²) >= 11 is 0. The fourth-order valence-corrected chi connectivity index (χ4v) is 3.23. The Balaban J connectivity index is 1.92. The number of aromatic nitrogens is 3. The van der Waals surface area contributed by atoms with Crippen LogP contribution in [0.3, 0.4) is 0 Å². The van der Waals surface area contributed by atoms with Crippen LogP contribution in [0.25, 0.3) is 17.2 Å². The van der Waals surface area contributed by atoms with Gasteiger partial charge in [-0.2, -0.15) is 4.68 Å². The molecular formula is C16H18BN4O+. The molecule has 1 aliphatic rings. The number of fused-ring (bicyclic) bond motifs is 3. The molecule has 4 rings (SSSR count). The Labute approximate surface area is 129 Å². The number of allylic oxidation sites excluding steroid dienone is 1. The number of hydrogen-bond acceptors (Lipinski definition) is 3. The van der Waals surface area contributed by atoms with Gasteiger partial charge in [0.05, 0.1) is 6.20 Å². The van der Waals surface area contributed by atoms with Gasteiger partial charge in [-0.3, -0.25) is 0 Å². The highest BCUT2D eigenvalue weighted by molar-refractivity contribution is 6.75. The predicted octanol–water partition coefficient (Wildman–Crippen LogP) is 1.60. The van der Waals surface area contributed by atoms with Crippen molar-refractivity contribution in [2.75, 3.05) is 4.92 Å². The first-order valence-corrected chi connectivity index (χ1v) is 7.47. The first kappa shape index (κ1) is 13.2. The second-order valence-electron chi connectivity index (χ2n) is 5.88. The summed E-state index contributed by atoms with van der Waals surface area (Å²) in [4.78, 5) is 8.83. The first-order chi connectivity index (χ1) is 10.6. The molecule has 0 bridgehead atoms. The van der Waals surface area contributed by atoms with Crippen LogP contribution in [0, 0.1) is 6.92 Å². The monoisotopic (exact) mass is 293 g/mol. The molecular weight excluding hydrogens is 275 g/mol. The Hall–Kier alpha value is -2.50. The van der Waals surface area contributed by atoms with E-state index >= 15 is 0 Å². The molecule has 3 aromatic rings. The van der Waals surface area contributed by atoms with Gasteiger partial charge in [0, 0.05) is 22.7 Å². The average molecular weight is 293 g/mol. The molecule has 0 fully saturated rings. The number of hydrogen-bond donors (Lipinski definition) is 0.